The van der Waals surface area contributed by atoms with E-state index in [0.29, 0.717) is 5.82 Å². The number of hydrogen-bond acceptors (Lipinski definition) is 4. The first-order valence-corrected chi connectivity index (χ1v) is 6.25. The van der Waals surface area contributed by atoms with Crippen molar-refractivity contribution in [2.45, 2.75) is 13.0 Å². The van der Waals surface area contributed by atoms with Crippen LogP contribution in [0.15, 0.2) is 12.4 Å². The second kappa shape index (κ2) is 5.24. The highest BCUT2D eigenvalue weighted by Crippen LogP contribution is 1.96. The van der Waals surface area contributed by atoms with Gasteiger partial charge in [0.25, 0.3) is 0 Å². The van der Waals surface area contributed by atoms with Crippen LogP contribution in [-0.4, -0.2) is 35.4 Å². The molecule has 1 rings (SSSR count). The van der Waals surface area contributed by atoms with Gasteiger partial charge in [-0.25, -0.2) is 18.1 Å². The Morgan fingerprint density at radius 3 is 2.87 bits per heavy atom. The Kier molecular flexibility index (Phi) is 4.25. The zero-order valence-corrected chi connectivity index (χ0v) is 9.37. The lowest BCUT2D eigenvalue weighted by molar-refractivity contribution is 0.295. The average molecular weight is 233 g/mol. The Bertz CT molecular complexity index is 399. The van der Waals surface area contributed by atoms with Crippen molar-refractivity contribution in [1.29, 1.82) is 0 Å². The largest absolute Gasteiger partial charge is 0.396 e. The fourth-order valence-corrected chi connectivity index (χ4v) is 2.07. The third-order valence-corrected chi connectivity index (χ3v) is 3.35. The molecule has 0 bridgehead atoms. The molecule has 15 heavy (non-hydrogen) atoms. The van der Waals surface area contributed by atoms with E-state index < -0.39 is 10.0 Å². The molecule has 0 amide bonds. The predicted octanol–water partition coefficient (Wildman–Crippen LogP) is -0.778. The van der Waals surface area contributed by atoms with Crippen LogP contribution < -0.4 is 4.72 Å². The molecule has 0 radical (unpaired) electrons. The highest BCUT2D eigenvalue weighted by Gasteiger charge is 2.10. The van der Waals surface area contributed by atoms with Crippen molar-refractivity contribution in [1.82, 2.24) is 14.3 Å². The smallest absolute Gasteiger partial charge is 0.212 e. The van der Waals surface area contributed by atoms with Crippen molar-refractivity contribution in [3.8, 4) is 0 Å². The zero-order chi connectivity index (χ0) is 11.3. The van der Waals surface area contributed by atoms with Gasteiger partial charge in [-0.3, -0.25) is 0 Å². The van der Waals surface area contributed by atoms with Crippen LogP contribution in [0.3, 0.4) is 0 Å². The van der Waals surface area contributed by atoms with E-state index in [9.17, 15) is 8.42 Å². The van der Waals surface area contributed by atoms with Gasteiger partial charge in [-0.1, -0.05) is 0 Å². The van der Waals surface area contributed by atoms with Crippen molar-refractivity contribution in [2.24, 2.45) is 7.05 Å². The number of aromatic nitrogens is 2. The van der Waals surface area contributed by atoms with E-state index in [0.717, 1.165) is 0 Å². The van der Waals surface area contributed by atoms with E-state index in [1.54, 1.807) is 24.0 Å². The Labute approximate surface area is 89.0 Å². The van der Waals surface area contributed by atoms with Gasteiger partial charge in [-0.05, 0) is 6.42 Å². The van der Waals surface area contributed by atoms with Gasteiger partial charge in [0.1, 0.15) is 5.82 Å². The second-order valence-electron chi connectivity index (χ2n) is 3.17. The van der Waals surface area contributed by atoms with Crippen LogP contribution in [0.1, 0.15) is 12.2 Å². The van der Waals surface area contributed by atoms with E-state index in [1.807, 2.05) is 0 Å². The van der Waals surface area contributed by atoms with Gasteiger partial charge in [0.05, 0.1) is 12.3 Å². The first-order chi connectivity index (χ1) is 7.05. The van der Waals surface area contributed by atoms with Gasteiger partial charge < -0.3 is 9.67 Å². The van der Waals surface area contributed by atoms with Crippen LogP contribution in [0.4, 0.5) is 0 Å². The topological polar surface area (TPSA) is 84.2 Å². The molecule has 1 aromatic rings. The van der Waals surface area contributed by atoms with Crippen LogP contribution in [0.25, 0.3) is 0 Å². The maximum Gasteiger partial charge on any atom is 0.212 e. The van der Waals surface area contributed by atoms with Crippen LogP contribution in [-0.2, 0) is 23.6 Å². The lowest BCUT2D eigenvalue weighted by Gasteiger charge is -2.05. The molecule has 0 atom stereocenters. The summed E-state index contributed by atoms with van der Waals surface area (Å²) < 4.78 is 26.8. The number of aliphatic hydroxyl groups excluding tert-OH is 1. The Morgan fingerprint density at radius 2 is 2.33 bits per heavy atom. The molecule has 0 aliphatic carbocycles. The molecule has 0 saturated heterocycles. The fourth-order valence-electron chi connectivity index (χ4n) is 1.07. The summed E-state index contributed by atoms with van der Waals surface area (Å²) in [5.74, 6) is 0.594. The number of aliphatic hydroxyl groups is 1. The highest BCUT2D eigenvalue weighted by atomic mass is 32.2. The fraction of sp³-hybridized carbons (Fsp3) is 0.625. The molecule has 0 aliphatic heterocycles. The second-order valence-corrected chi connectivity index (χ2v) is 5.10. The number of imidazole rings is 1. The van der Waals surface area contributed by atoms with E-state index in [1.165, 1.54) is 0 Å². The number of rotatable bonds is 6. The Hall–Kier alpha value is -0.920. The molecule has 7 heteroatoms. The maximum atomic E-state index is 11.3. The van der Waals surface area contributed by atoms with Gasteiger partial charge in [-0.15, -0.1) is 0 Å². The van der Waals surface area contributed by atoms with Gasteiger partial charge in [0.15, 0.2) is 0 Å². The molecule has 1 aromatic heterocycles. The summed E-state index contributed by atoms with van der Waals surface area (Å²) in [7, 11) is -1.50. The molecule has 0 spiro atoms. The van der Waals surface area contributed by atoms with Crippen molar-refractivity contribution in [3.63, 3.8) is 0 Å². The van der Waals surface area contributed by atoms with Crippen LogP contribution >= 0.6 is 0 Å². The predicted molar refractivity (Wildman–Crippen MR) is 55.5 cm³/mol. The van der Waals surface area contributed by atoms with Gasteiger partial charge in [0, 0.05) is 26.0 Å². The molecule has 0 saturated carbocycles. The van der Waals surface area contributed by atoms with E-state index in [4.69, 9.17) is 5.11 Å². The lowest BCUT2D eigenvalue weighted by Crippen LogP contribution is -2.27. The molecule has 0 unspecified atom stereocenters. The maximum absolute atomic E-state index is 11.3. The van der Waals surface area contributed by atoms with Crippen molar-refractivity contribution < 1.29 is 13.5 Å². The number of nitrogens with one attached hydrogen (secondary N) is 1. The monoisotopic (exact) mass is 233 g/mol. The SMILES string of the molecule is Cn1ccnc1CNS(=O)(=O)CCCO. The normalized spacial score (nSPS) is 11.9. The summed E-state index contributed by atoms with van der Waals surface area (Å²) >= 11 is 0. The molecular weight excluding hydrogens is 218 g/mol. The number of sulfonamides is 1. The molecule has 0 fully saturated rings. The third kappa shape index (κ3) is 3.98. The average Bonchev–Trinajstić information content (AvgIpc) is 2.58. The summed E-state index contributed by atoms with van der Waals surface area (Å²) in [6.45, 7) is 0.0561. The Morgan fingerprint density at radius 1 is 1.60 bits per heavy atom. The van der Waals surface area contributed by atoms with E-state index in [2.05, 4.69) is 9.71 Å². The minimum atomic E-state index is -3.30. The molecular formula is C8H15N3O3S. The first-order valence-electron chi connectivity index (χ1n) is 4.59. The number of hydrogen-bond donors (Lipinski definition) is 2. The Balaban J connectivity index is 2.46. The van der Waals surface area contributed by atoms with Gasteiger partial charge in [-0.2, -0.15) is 0 Å². The molecule has 6 nitrogen and oxygen atoms in total. The summed E-state index contributed by atoms with van der Waals surface area (Å²) in [4.78, 5) is 3.99. The number of nitrogens with zero attached hydrogens (tertiary/aromatic N) is 2. The number of aryl methyl sites for hydroxylation is 1. The van der Waals surface area contributed by atoms with Gasteiger partial charge in [0.2, 0.25) is 10.0 Å². The van der Waals surface area contributed by atoms with E-state index in [-0.39, 0.29) is 25.3 Å². The quantitative estimate of drug-likeness (QED) is 0.675. The molecule has 0 aromatic carbocycles. The van der Waals surface area contributed by atoms with Gasteiger partial charge >= 0.3 is 0 Å². The summed E-state index contributed by atoms with van der Waals surface area (Å²) in [5.41, 5.74) is 0. The highest BCUT2D eigenvalue weighted by molar-refractivity contribution is 7.89. The van der Waals surface area contributed by atoms with Crippen molar-refractivity contribution >= 4 is 10.0 Å². The van der Waals surface area contributed by atoms with Crippen molar-refractivity contribution in [3.05, 3.63) is 18.2 Å². The van der Waals surface area contributed by atoms with Crippen LogP contribution in [0.5, 0.6) is 0 Å². The summed E-state index contributed by atoms with van der Waals surface area (Å²) in [5, 5.41) is 8.52. The lowest BCUT2D eigenvalue weighted by atomic mass is 10.5. The zero-order valence-electron chi connectivity index (χ0n) is 8.55. The molecule has 1 heterocycles. The molecule has 0 aliphatic rings. The van der Waals surface area contributed by atoms with Crippen LogP contribution in [0, 0.1) is 0 Å². The first kappa shape index (κ1) is 12.2. The third-order valence-electron chi connectivity index (χ3n) is 1.94. The molecule has 86 valence electrons. The standard InChI is InChI=1S/C8H15N3O3S/c1-11-4-3-9-8(11)7-10-15(13,14)6-2-5-12/h3-4,10,12H,2,5-7H2,1H3. The minimum Gasteiger partial charge on any atom is -0.396 e. The summed E-state index contributed by atoms with van der Waals surface area (Å²) in [6, 6.07) is 0. The molecule has 2 N–H and O–H groups in total. The van der Waals surface area contributed by atoms with Crippen LogP contribution in [0.2, 0.25) is 0 Å². The van der Waals surface area contributed by atoms with Crippen molar-refractivity contribution in [2.75, 3.05) is 12.4 Å². The minimum absolute atomic E-state index is 0.0616. The summed E-state index contributed by atoms with van der Waals surface area (Å²) in [6.07, 6.45) is 3.60. The van der Waals surface area contributed by atoms with E-state index >= 15 is 0 Å².